The van der Waals surface area contributed by atoms with E-state index in [2.05, 4.69) is 50.2 Å². The first-order chi connectivity index (χ1) is 10.0. The molecule has 0 radical (unpaired) electrons. The summed E-state index contributed by atoms with van der Waals surface area (Å²) >= 11 is 0. The fourth-order valence-corrected chi connectivity index (χ4v) is 2.62. The lowest BCUT2D eigenvalue weighted by Gasteiger charge is -2.34. The normalized spacial score (nSPS) is 19.1. The molecule has 0 amide bonds. The van der Waals surface area contributed by atoms with Crippen molar-refractivity contribution in [2.75, 3.05) is 39.4 Å². The highest BCUT2D eigenvalue weighted by atomic mass is 16.5. The van der Waals surface area contributed by atoms with Crippen LogP contribution in [0.3, 0.4) is 0 Å². The Morgan fingerprint density at radius 1 is 1.19 bits per heavy atom. The molecular weight excluding hydrogens is 264 g/mol. The zero-order chi connectivity index (χ0) is 15.7. The van der Waals surface area contributed by atoms with Gasteiger partial charge in [0.25, 0.3) is 0 Å². The summed E-state index contributed by atoms with van der Waals surface area (Å²) in [5.41, 5.74) is 0. The molecule has 1 fully saturated rings. The van der Waals surface area contributed by atoms with Gasteiger partial charge in [0.1, 0.15) is 0 Å². The van der Waals surface area contributed by atoms with Crippen LogP contribution in [-0.2, 0) is 4.74 Å². The number of hydrogen-bond acceptors (Lipinski definition) is 3. The van der Waals surface area contributed by atoms with E-state index in [0.717, 1.165) is 45.4 Å². The fourth-order valence-electron chi connectivity index (χ4n) is 2.62. The molecule has 0 spiro atoms. The SMILES string of the molecule is CCNC(=NCC(CC(C)C)N1CCOCC1)NC(C)C. The lowest BCUT2D eigenvalue weighted by Crippen LogP contribution is -2.47. The zero-order valence-electron chi connectivity index (χ0n) is 14.5. The number of morpholine rings is 1. The molecule has 0 aromatic carbocycles. The monoisotopic (exact) mass is 298 g/mol. The lowest BCUT2D eigenvalue weighted by atomic mass is 10.0. The number of hydrogen-bond donors (Lipinski definition) is 2. The number of nitrogens with zero attached hydrogens (tertiary/aromatic N) is 2. The van der Waals surface area contributed by atoms with E-state index in [-0.39, 0.29) is 0 Å². The van der Waals surface area contributed by atoms with Gasteiger partial charge in [-0.1, -0.05) is 13.8 Å². The van der Waals surface area contributed by atoms with Crippen LogP contribution in [0.5, 0.6) is 0 Å². The van der Waals surface area contributed by atoms with Crippen molar-refractivity contribution >= 4 is 5.96 Å². The van der Waals surface area contributed by atoms with Crippen molar-refractivity contribution in [3.05, 3.63) is 0 Å². The van der Waals surface area contributed by atoms with Gasteiger partial charge in [-0.15, -0.1) is 0 Å². The first-order valence-corrected chi connectivity index (χ1v) is 8.39. The first-order valence-electron chi connectivity index (χ1n) is 8.39. The Morgan fingerprint density at radius 3 is 2.38 bits per heavy atom. The molecule has 5 nitrogen and oxygen atoms in total. The summed E-state index contributed by atoms with van der Waals surface area (Å²) in [4.78, 5) is 7.33. The van der Waals surface area contributed by atoms with Crippen LogP contribution in [0.1, 0.15) is 41.0 Å². The van der Waals surface area contributed by atoms with Gasteiger partial charge in [0, 0.05) is 31.7 Å². The summed E-state index contributed by atoms with van der Waals surface area (Å²) in [5, 5.41) is 6.71. The van der Waals surface area contributed by atoms with Crippen LogP contribution >= 0.6 is 0 Å². The van der Waals surface area contributed by atoms with E-state index < -0.39 is 0 Å². The van der Waals surface area contributed by atoms with Gasteiger partial charge < -0.3 is 15.4 Å². The quantitative estimate of drug-likeness (QED) is 0.555. The topological polar surface area (TPSA) is 48.9 Å². The number of rotatable bonds is 7. The van der Waals surface area contributed by atoms with Crippen LogP contribution in [0.4, 0.5) is 0 Å². The highest BCUT2D eigenvalue weighted by molar-refractivity contribution is 5.80. The van der Waals surface area contributed by atoms with Crippen molar-refractivity contribution in [3.63, 3.8) is 0 Å². The molecule has 0 aliphatic carbocycles. The molecule has 0 bridgehead atoms. The van der Waals surface area contributed by atoms with Gasteiger partial charge >= 0.3 is 0 Å². The van der Waals surface area contributed by atoms with Crippen molar-refractivity contribution in [1.29, 1.82) is 0 Å². The number of aliphatic imine (C=N–C) groups is 1. The summed E-state index contributed by atoms with van der Waals surface area (Å²) in [5.74, 6) is 1.61. The van der Waals surface area contributed by atoms with Gasteiger partial charge in [-0.25, -0.2) is 0 Å². The molecule has 21 heavy (non-hydrogen) atoms. The van der Waals surface area contributed by atoms with Crippen LogP contribution in [-0.4, -0.2) is 62.3 Å². The van der Waals surface area contributed by atoms with E-state index in [4.69, 9.17) is 9.73 Å². The third-order valence-electron chi connectivity index (χ3n) is 3.54. The van der Waals surface area contributed by atoms with Crippen molar-refractivity contribution < 1.29 is 4.74 Å². The molecule has 1 rings (SSSR count). The number of guanidine groups is 1. The van der Waals surface area contributed by atoms with Crippen LogP contribution < -0.4 is 10.6 Å². The molecular formula is C16H34N4O. The average molecular weight is 298 g/mol. The van der Waals surface area contributed by atoms with E-state index in [9.17, 15) is 0 Å². The second kappa shape index (κ2) is 10.0. The highest BCUT2D eigenvalue weighted by Crippen LogP contribution is 2.14. The smallest absolute Gasteiger partial charge is 0.191 e. The maximum atomic E-state index is 5.47. The maximum Gasteiger partial charge on any atom is 0.191 e. The fraction of sp³-hybridized carbons (Fsp3) is 0.938. The summed E-state index contributed by atoms with van der Waals surface area (Å²) < 4.78 is 5.47. The van der Waals surface area contributed by atoms with E-state index in [1.165, 1.54) is 6.42 Å². The van der Waals surface area contributed by atoms with Gasteiger partial charge in [0.2, 0.25) is 0 Å². The minimum atomic E-state index is 0.398. The standard InChI is InChI=1S/C16H34N4O/c1-6-17-16(19-14(4)5)18-12-15(11-13(2)3)20-7-9-21-10-8-20/h13-15H,6-12H2,1-5H3,(H2,17,18,19). The molecule has 1 heterocycles. The van der Waals surface area contributed by atoms with Crippen LogP contribution in [0.25, 0.3) is 0 Å². The second-order valence-corrected chi connectivity index (χ2v) is 6.45. The van der Waals surface area contributed by atoms with E-state index in [1.54, 1.807) is 0 Å². The van der Waals surface area contributed by atoms with Gasteiger partial charge in [-0.3, -0.25) is 9.89 Å². The Bertz CT molecular complexity index is 299. The molecule has 124 valence electrons. The van der Waals surface area contributed by atoms with Gasteiger partial charge in [-0.05, 0) is 33.1 Å². The van der Waals surface area contributed by atoms with Crippen molar-refractivity contribution in [2.24, 2.45) is 10.9 Å². The summed E-state index contributed by atoms with van der Waals surface area (Å²) in [6.07, 6.45) is 1.19. The molecule has 1 atom stereocenters. The van der Waals surface area contributed by atoms with Gasteiger partial charge in [0.05, 0.1) is 19.8 Å². The predicted octanol–water partition coefficient (Wildman–Crippen LogP) is 1.70. The molecule has 0 aromatic rings. The Labute approximate surface area is 130 Å². The summed E-state index contributed by atoms with van der Waals surface area (Å²) in [7, 11) is 0. The van der Waals surface area contributed by atoms with Gasteiger partial charge in [0.15, 0.2) is 5.96 Å². The minimum Gasteiger partial charge on any atom is -0.379 e. The molecule has 0 saturated carbocycles. The third kappa shape index (κ3) is 7.67. The van der Waals surface area contributed by atoms with E-state index in [1.807, 2.05) is 0 Å². The van der Waals surface area contributed by atoms with E-state index in [0.29, 0.717) is 18.0 Å². The van der Waals surface area contributed by atoms with Crippen molar-refractivity contribution in [1.82, 2.24) is 15.5 Å². The minimum absolute atomic E-state index is 0.398. The maximum absolute atomic E-state index is 5.47. The Balaban J connectivity index is 2.63. The summed E-state index contributed by atoms with van der Waals surface area (Å²) in [6.45, 7) is 16.5. The molecule has 1 aliphatic rings. The third-order valence-corrected chi connectivity index (χ3v) is 3.54. The molecule has 1 saturated heterocycles. The zero-order valence-corrected chi connectivity index (χ0v) is 14.5. The molecule has 2 N–H and O–H groups in total. The summed E-state index contributed by atoms with van der Waals surface area (Å²) in [6, 6.07) is 0.909. The Morgan fingerprint density at radius 2 is 1.86 bits per heavy atom. The van der Waals surface area contributed by atoms with Gasteiger partial charge in [-0.2, -0.15) is 0 Å². The Hall–Kier alpha value is -0.810. The first kappa shape index (κ1) is 18.2. The predicted molar refractivity (Wildman–Crippen MR) is 89.9 cm³/mol. The molecule has 1 unspecified atom stereocenters. The number of nitrogens with one attached hydrogen (secondary N) is 2. The van der Waals surface area contributed by atoms with Crippen LogP contribution in [0.2, 0.25) is 0 Å². The molecule has 5 heteroatoms. The van der Waals surface area contributed by atoms with Crippen LogP contribution in [0.15, 0.2) is 4.99 Å². The highest BCUT2D eigenvalue weighted by Gasteiger charge is 2.21. The Kier molecular flexibility index (Phi) is 8.69. The molecule has 0 aromatic heterocycles. The average Bonchev–Trinajstić information content (AvgIpc) is 2.43. The van der Waals surface area contributed by atoms with Crippen LogP contribution in [0, 0.1) is 5.92 Å². The van der Waals surface area contributed by atoms with E-state index >= 15 is 0 Å². The number of ether oxygens (including phenoxy) is 1. The van der Waals surface area contributed by atoms with Crippen molar-refractivity contribution in [3.8, 4) is 0 Å². The van der Waals surface area contributed by atoms with Crippen molar-refractivity contribution in [2.45, 2.75) is 53.1 Å². The molecule has 1 aliphatic heterocycles. The largest absolute Gasteiger partial charge is 0.379 e. The lowest BCUT2D eigenvalue weighted by molar-refractivity contribution is 0.0143. The second-order valence-electron chi connectivity index (χ2n) is 6.45.